The molecule has 0 radical (unpaired) electrons. The van der Waals surface area contributed by atoms with Gasteiger partial charge >= 0.3 is 0 Å². The van der Waals surface area contributed by atoms with E-state index in [-0.39, 0.29) is 24.7 Å². The third kappa shape index (κ3) is 7.41. The Morgan fingerprint density at radius 2 is 1.85 bits per heavy atom. The maximum atomic E-state index is 11.9. The maximum absolute atomic E-state index is 11.9. The molecular weight excluding hydrogens is 414 g/mol. The molecule has 0 aliphatic rings. The van der Waals surface area contributed by atoms with Gasteiger partial charge in [-0.1, -0.05) is 34.1 Å². The van der Waals surface area contributed by atoms with Crippen molar-refractivity contribution in [2.75, 3.05) is 11.6 Å². The molecule has 2 aromatic carbocycles. The summed E-state index contributed by atoms with van der Waals surface area (Å²) in [5.41, 5.74) is 4.12. The maximum Gasteiger partial charge on any atom is 0.240 e. The Kier molecular flexibility index (Phi) is 8.37. The minimum absolute atomic E-state index is 0.117. The van der Waals surface area contributed by atoms with Gasteiger partial charge in [0, 0.05) is 27.9 Å². The summed E-state index contributed by atoms with van der Waals surface area (Å²) in [6.45, 7) is 0. The summed E-state index contributed by atoms with van der Waals surface area (Å²) >= 11 is 5.02. The van der Waals surface area contributed by atoms with Crippen LogP contribution >= 0.6 is 27.7 Å². The van der Waals surface area contributed by atoms with Crippen LogP contribution in [0.25, 0.3) is 0 Å². The van der Waals surface area contributed by atoms with Gasteiger partial charge in [0.15, 0.2) is 0 Å². The highest BCUT2D eigenvalue weighted by Gasteiger charge is 2.05. The van der Waals surface area contributed by atoms with Crippen LogP contribution in [0.3, 0.4) is 0 Å². The number of anilines is 1. The largest absolute Gasteiger partial charge is 0.326 e. The Balaban J connectivity index is 1.66. The summed E-state index contributed by atoms with van der Waals surface area (Å²) in [4.78, 5) is 24.8. The number of nitrogens with one attached hydrogen (secondary N) is 2. The standard InChI is InChI=1S/C19H20BrN3O2S/c1-26-17-10-8-14(9-11-17)13-21-23-19(25)7-3-6-18(24)22-16-5-2-4-15(20)12-16/h2,4-5,8-13H,3,6-7H2,1H3,(H,22,24)(H,23,25)/b21-13-. The van der Waals surface area contributed by atoms with Gasteiger partial charge in [-0.05, 0) is 48.6 Å². The van der Waals surface area contributed by atoms with Crippen molar-refractivity contribution in [1.29, 1.82) is 0 Å². The number of benzene rings is 2. The molecule has 0 atom stereocenters. The second-order valence-corrected chi connectivity index (χ2v) is 7.27. The molecule has 0 unspecified atom stereocenters. The number of amides is 2. The van der Waals surface area contributed by atoms with Gasteiger partial charge in [0.1, 0.15) is 0 Å². The Labute approximate surface area is 165 Å². The molecule has 0 saturated heterocycles. The van der Waals surface area contributed by atoms with Gasteiger partial charge in [-0.2, -0.15) is 5.10 Å². The molecule has 5 nitrogen and oxygen atoms in total. The summed E-state index contributed by atoms with van der Waals surface area (Å²) in [7, 11) is 0. The molecule has 136 valence electrons. The number of hydrazone groups is 1. The lowest BCUT2D eigenvalue weighted by Crippen LogP contribution is -2.18. The van der Waals surface area contributed by atoms with Crippen LogP contribution in [0, 0.1) is 0 Å². The van der Waals surface area contributed by atoms with Gasteiger partial charge in [-0.15, -0.1) is 11.8 Å². The van der Waals surface area contributed by atoms with E-state index in [0.29, 0.717) is 6.42 Å². The molecule has 26 heavy (non-hydrogen) atoms. The van der Waals surface area contributed by atoms with Crippen LogP contribution in [0.4, 0.5) is 5.69 Å². The highest BCUT2D eigenvalue weighted by Crippen LogP contribution is 2.16. The molecular formula is C19H20BrN3O2S. The first-order valence-corrected chi connectivity index (χ1v) is 10.1. The molecule has 0 aliphatic heterocycles. The van der Waals surface area contributed by atoms with Gasteiger partial charge in [0.05, 0.1) is 6.21 Å². The van der Waals surface area contributed by atoms with Crippen molar-refractivity contribution < 1.29 is 9.59 Å². The number of halogens is 1. The van der Waals surface area contributed by atoms with Crippen molar-refractivity contribution in [3.8, 4) is 0 Å². The van der Waals surface area contributed by atoms with Crippen molar-refractivity contribution in [3.05, 3.63) is 58.6 Å². The van der Waals surface area contributed by atoms with E-state index in [1.165, 1.54) is 4.90 Å². The fraction of sp³-hybridized carbons (Fsp3) is 0.211. The summed E-state index contributed by atoms with van der Waals surface area (Å²) in [5, 5.41) is 6.73. The van der Waals surface area contributed by atoms with E-state index >= 15 is 0 Å². The van der Waals surface area contributed by atoms with Crippen molar-refractivity contribution in [2.24, 2.45) is 5.10 Å². The summed E-state index contributed by atoms with van der Waals surface area (Å²) in [5.74, 6) is -0.328. The average molecular weight is 434 g/mol. The zero-order valence-corrected chi connectivity index (χ0v) is 16.8. The molecule has 0 spiro atoms. The molecule has 2 N–H and O–H groups in total. The zero-order valence-electron chi connectivity index (χ0n) is 14.4. The monoisotopic (exact) mass is 433 g/mol. The number of thioether (sulfide) groups is 1. The molecule has 0 saturated carbocycles. The minimum atomic E-state index is -0.211. The number of nitrogens with zero attached hydrogens (tertiary/aromatic N) is 1. The molecule has 2 rings (SSSR count). The van der Waals surface area contributed by atoms with Gasteiger partial charge in [0.2, 0.25) is 11.8 Å². The van der Waals surface area contributed by atoms with Gasteiger partial charge in [-0.25, -0.2) is 5.43 Å². The second-order valence-electron chi connectivity index (χ2n) is 5.48. The van der Waals surface area contributed by atoms with Gasteiger partial charge < -0.3 is 5.32 Å². The third-order valence-corrected chi connectivity index (χ3v) is 4.67. The van der Waals surface area contributed by atoms with Crippen molar-refractivity contribution in [2.45, 2.75) is 24.2 Å². The minimum Gasteiger partial charge on any atom is -0.326 e. The second kappa shape index (κ2) is 10.8. The number of rotatable bonds is 8. The number of hydrogen-bond acceptors (Lipinski definition) is 4. The number of carbonyl (C=O) groups excluding carboxylic acids is 2. The molecule has 0 aliphatic carbocycles. The highest BCUT2D eigenvalue weighted by molar-refractivity contribution is 9.10. The Hall–Kier alpha value is -2.12. The molecule has 0 bridgehead atoms. The first kappa shape index (κ1) is 20.2. The van der Waals surface area contributed by atoms with Crippen molar-refractivity contribution in [3.63, 3.8) is 0 Å². The Morgan fingerprint density at radius 3 is 2.54 bits per heavy atom. The summed E-state index contributed by atoms with van der Waals surface area (Å²) < 4.78 is 0.899. The normalized spacial score (nSPS) is 10.7. The van der Waals surface area contributed by atoms with Crippen molar-refractivity contribution in [1.82, 2.24) is 5.43 Å². The molecule has 2 amide bonds. The lowest BCUT2D eigenvalue weighted by atomic mass is 10.2. The van der Waals surface area contributed by atoms with E-state index in [1.54, 1.807) is 18.0 Å². The first-order valence-electron chi connectivity index (χ1n) is 8.08. The number of hydrogen-bond donors (Lipinski definition) is 2. The van der Waals surface area contributed by atoms with Crippen LogP contribution < -0.4 is 10.7 Å². The summed E-state index contributed by atoms with van der Waals surface area (Å²) in [6.07, 6.45) is 4.60. The van der Waals surface area contributed by atoms with E-state index < -0.39 is 0 Å². The fourth-order valence-corrected chi connectivity index (χ4v) is 2.93. The SMILES string of the molecule is CSc1ccc(/C=N\NC(=O)CCCC(=O)Nc2cccc(Br)c2)cc1. The quantitative estimate of drug-likeness (QED) is 0.367. The third-order valence-electron chi connectivity index (χ3n) is 3.43. The van der Waals surface area contributed by atoms with E-state index in [2.05, 4.69) is 31.8 Å². The Morgan fingerprint density at radius 1 is 1.12 bits per heavy atom. The fourth-order valence-electron chi connectivity index (χ4n) is 2.12. The van der Waals surface area contributed by atoms with E-state index in [0.717, 1.165) is 15.7 Å². The Bertz CT molecular complexity index is 779. The topological polar surface area (TPSA) is 70.6 Å². The van der Waals surface area contributed by atoms with Crippen LogP contribution in [0.15, 0.2) is 63.0 Å². The first-order chi connectivity index (χ1) is 12.6. The van der Waals surface area contributed by atoms with Gasteiger partial charge in [0.25, 0.3) is 0 Å². The molecule has 0 aromatic heterocycles. The van der Waals surface area contributed by atoms with Crippen LogP contribution in [0.2, 0.25) is 0 Å². The lowest BCUT2D eigenvalue weighted by molar-refractivity contribution is -0.121. The predicted molar refractivity (Wildman–Crippen MR) is 111 cm³/mol. The average Bonchev–Trinajstić information content (AvgIpc) is 2.62. The van der Waals surface area contributed by atoms with E-state index in [4.69, 9.17) is 0 Å². The molecule has 7 heteroatoms. The number of carbonyl (C=O) groups is 2. The van der Waals surface area contributed by atoms with Crippen LogP contribution in [0.5, 0.6) is 0 Å². The van der Waals surface area contributed by atoms with Crippen LogP contribution in [-0.4, -0.2) is 24.3 Å². The van der Waals surface area contributed by atoms with Crippen LogP contribution in [0.1, 0.15) is 24.8 Å². The molecule has 0 fully saturated rings. The smallest absolute Gasteiger partial charge is 0.240 e. The van der Waals surface area contributed by atoms with Crippen LogP contribution in [-0.2, 0) is 9.59 Å². The zero-order chi connectivity index (χ0) is 18.8. The van der Waals surface area contributed by atoms with Crippen molar-refractivity contribution >= 4 is 51.4 Å². The van der Waals surface area contributed by atoms with E-state index in [9.17, 15) is 9.59 Å². The van der Waals surface area contributed by atoms with Gasteiger partial charge in [-0.3, -0.25) is 9.59 Å². The molecule has 2 aromatic rings. The lowest BCUT2D eigenvalue weighted by Gasteiger charge is -2.05. The highest BCUT2D eigenvalue weighted by atomic mass is 79.9. The summed E-state index contributed by atoms with van der Waals surface area (Å²) in [6, 6.07) is 15.2. The molecule has 0 heterocycles. The van der Waals surface area contributed by atoms with E-state index in [1.807, 2.05) is 54.8 Å². The predicted octanol–water partition coefficient (Wildman–Crippen LogP) is 4.43.